The van der Waals surface area contributed by atoms with Crippen molar-refractivity contribution in [2.75, 3.05) is 26.7 Å². The molecule has 4 rings (SSSR count). The smallest absolute Gasteiger partial charge is 0.481 e. The number of benzene rings is 1. The van der Waals surface area contributed by atoms with Crippen LogP contribution in [0.15, 0.2) is 48.7 Å². The van der Waals surface area contributed by atoms with Crippen LogP contribution in [0, 0.1) is 5.41 Å². The summed E-state index contributed by atoms with van der Waals surface area (Å²) in [5.41, 5.74) is 2.00. The maximum atomic E-state index is 12.7. The average molecular weight is 565 g/mol. The summed E-state index contributed by atoms with van der Waals surface area (Å²) in [6.45, 7) is 3.17. The van der Waals surface area contributed by atoms with Crippen LogP contribution in [-0.2, 0) is 20.9 Å². The number of halogens is 6. The van der Waals surface area contributed by atoms with Crippen molar-refractivity contribution in [3.8, 4) is 5.88 Å². The number of pyridine rings is 1. The van der Waals surface area contributed by atoms with Gasteiger partial charge in [0.15, 0.2) is 0 Å². The number of carbonyl (C=O) groups excluding carboxylic acids is 1. The van der Waals surface area contributed by atoms with E-state index < -0.39 is 24.3 Å². The van der Waals surface area contributed by atoms with Crippen LogP contribution in [0.3, 0.4) is 0 Å². The number of methoxy groups -OCH3 is 1. The van der Waals surface area contributed by atoms with E-state index in [9.17, 15) is 31.1 Å². The Labute approximate surface area is 218 Å². The molecule has 1 aromatic heterocycles. The van der Waals surface area contributed by atoms with Crippen molar-refractivity contribution in [1.82, 2.24) is 15.2 Å². The standard InChI is InChI=1S/C20H23N3O2.2C2HF3O2/c1-25-18-16(8-5-10-21-18)13-23-11-9-20(14-23)17(12-22-19(20)24)15-6-3-2-4-7-15;2*3-2(4,5)1(6)7/h2-8,10,17H,9,11-14H2,1H3,(H,22,24);2*(H,6,7). The van der Waals surface area contributed by atoms with Crippen molar-refractivity contribution in [1.29, 1.82) is 0 Å². The highest BCUT2D eigenvalue weighted by Crippen LogP contribution is 2.47. The third-order valence-corrected chi connectivity index (χ3v) is 6.09. The molecule has 2 unspecified atom stereocenters. The zero-order valence-electron chi connectivity index (χ0n) is 20.4. The molecule has 214 valence electrons. The molecule has 15 heteroatoms. The summed E-state index contributed by atoms with van der Waals surface area (Å²) in [5.74, 6) is -4.41. The number of amides is 1. The van der Waals surface area contributed by atoms with Gasteiger partial charge in [-0.1, -0.05) is 36.4 Å². The number of carbonyl (C=O) groups is 3. The van der Waals surface area contributed by atoms with E-state index in [0.717, 1.165) is 38.2 Å². The fourth-order valence-electron chi connectivity index (χ4n) is 4.34. The Morgan fingerprint density at radius 3 is 2.13 bits per heavy atom. The number of nitrogens with zero attached hydrogens (tertiary/aromatic N) is 2. The number of carboxylic acid groups (broad SMARTS) is 2. The molecule has 3 N–H and O–H groups in total. The van der Waals surface area contributed by atoms with Crippen LogP contribution in [-0.4, -0.2) is 77.0 Å². The highest BCUT2D eigenvalue weighted by Gasteiger charge is 2.54. The molecule has 2 saturated heterocycles. The van der Waals surface area contributed by atoms with Crippen LogP contribution >= 0.6 is 0 Å². The second-order valence-corrected chi connectivity index (χ2v) is 8.57. The van der Waals surface area contributed by atoms with Crippen molar-refractivity contribution >= 4 is 17.8 Å². The van der Waals surface area contributed by atoms with E-state index in [4.69, 9.17) is 24.5 Å². The van der Waals surface area contributed by atoms with Gasteiger partial charge in [-0.2, -0.15) is 26.3 Å². The second kappa shape index (κ2) is 12.8. The first-order chi connectivity index (χ1) is 18.1. The van der Waals surface area contributed by atoms with E-state index in [0.29, 0.717) is 5.88 Å². The summed E-state index contributed by atoms with van der Waals surface area (Å²) in [6, 6.07) is 14.4. The lowest BCUT2D eigenvalue weighted by atomic mass is 9.73. The number of aliphatic carboxylic acids is 2. The van der Waals surface area contributed by atoms with Gasteiger partial charge in [0.05, 0.1) is 12.5 Å². The molecule has 0 saturated carbocycles. The second-order valence-electron chi connectivity index (χ2n) is 8.57. The summed E-state index contributed by atoms with van der Waals surface area (Å²) >= 11 is 0. The Hall–Kier alpha value is -3.88. The molecule has 39 heavy (non-hydrogen) atoms. The first-order valence-electron chi connectivity index (χ1n) is 11.3. The number of hydrogen-bond donors (Lipinski definition) is 3. The normalized spacial score (nSPS) is 20.8. The van der Waals surface area contributed by atoms with Crippen molar-refractivity contribution in [3.05, 3.63) is 59.8 Å². The van der Waals surface area contributed by atoms with Crippen molar-refractivity contribution in [2.24, 2.45) is 5.41 Å². The van der Waals surface area contributed by atoms with Crippen LogP contribution in [0.4, 0.5) is 26.3 Å². The van der Waals surface area contributed by atoms with Gasteiger partial charge in [-0.3, -0.25) is 9.69 Å². The van der Waals surface area contributed by atoms with Gasteiger partial charge in [0.1, 0.15) is 0 Å². The number of likely N-dealkylation sites (tertiary alicyclic amines) is 1. The lowest BCUT2D eigenvalue weighted by molar-refractivity contribution is -0.193. The monoisotopic (exact) mass is 565 g/mol. The minimum atomic E-state index is -5.08. The van der Waals surface area contributed by atoms with Gasteiger partial charge < -0.3 is 20.3 Å². The molecule has 2 atom stereocenters. The molecule has 0 bridgehead atoms. The summed E-state index contributed by atoms with van der Waals surface area (Å²) in [7, 11) is 1.65. The Kier molecular flexibility index (Phi) is 10.3. The molecule has 0 radical (unpaired) electrons. The van der Waals surface area contributed by atoms with Crippen LogP contribution in [0.25, 0.3) is 0 Å². The fourth-order valence-corrected chi connectivity index (χ4v) is 4.34. The Balaban J connectivity index is 0.000000317. The van der Waals surface area contributed by atoms with Crippen molar-refractivity contribution in [3.63, 3.8) is 0 Å². The zero-order valence-corrected chi connectivity index (χ0v) is 20.4. The van der Waals surface area contributed by atoms with Crippen LogP contribution in [0.1, 0.15) is 23.5 Å². The van der Waals surface area contributed by atoms with Gasteiger partial charge in [-0.25, -0.2) is 14.6 Å². The predicted octanol–water partition coefficient (Wildman–Crippen LogP) is 3.46. The quantitative estimate of drug-likeness (QED) is 0.481. The third-order valence-electron chi connectivity index (χ3n) is 6.09. The van der Waals surface area contributed by atoms with E-state index in [1.165, 1.54) is 5.56 Å². The number of ether oxygens (including phenoxy) is 1. The molecule has 0 aliphatic carbocycles. The molecule has 2 aromatic rings. The minimum Gasteiger partial charge on any atom is -0.481 e. The summed E-state index contributed by atoms with van der Waals surface area (Å²) < 4.78 is 68.8. The van der Waals surface area contributed by atoms with Gasteiger partial charge >= 0.3 is 24.3 Å². The summed E-state index contributed by atoms with van der Waals surface area (Å²) in [6.07, 6.45) is -7.54. The van der Waals surface area contributed by atoms with E-state index >= 15 is 0 Å². The molecular weight excluding hydrogens is 540 g/mol. The summed E-state index contributed by atoms with van der Waals surface area (Å²) in [5, 5.41) is 17.4. The van der Waals surface area contributed by atoms with E-state index in [-0.39, 0.29) is 17.2 Å². The first kappa shape index (κ1) is 31.3. The molecule has 1 aromatic carbocycles. The number of carboxylic acids is 2. The van der Waals surface area contributed by atoms with E-state index in [2.05, 4.69) is 39.5 Å². The molecule has 1 spiro atoms. The van der Waals surface area contributed by atoms with Crippen LogP contribution < -0.4 is 10.1 Å². The molecule has 2 fully saturated rings. The van der Waals surface area contributed by atoms with Crippen LogP contribution in [0.5, 0.6) is 5.88 Å². The van der Waals surface area contributed by atoms with Gasteiger partial charge in [-0.05, 0) is 24.6 Å². The van der Waals surface area contributed by atoms with Gasteiger partial charge in [0, 0.05) is 37.3 Å². The van der Waals surface area contributed by atoms with Crippen LogP contribution in [0.2, 0.25) is 0 Å². The zero-order chi connectivity index (χ0) is 29.4. The maximum Gasteiger partial charge on any atom is 0.490 e. The fraction of sp³-hybridized carbons (Fsp3) is 0.417. The highest BCUT2D eigenvalue weighted by atomic mass is 19.4. The van der Waals surface area contributed by atoms with Crippen molar-refractivity contribution < 1.29 is 55.7 Å². The highest BCUT2D eigenvalue weighted by molar-refractivity contribution is 5.87. The molecule has 9 nitrogen and oxygen atoms in total. The largest absolute Gasteiger partial charge is 0.490 e. The minimum absolute atomic E-state index is 0.196. The Morgan fingerprint density at radius 1 is 1.05 bits per heavy atom. The maximum absolute atomic E-state index is 12.7. The number of aromatic nitrogens is 1. The number of hydrogen-bond acceptors (Lipinski definition) is 6. The molecule has 3 heterocycles. The number of nitrogens with one attached hydrogen (secondary N) is 1. The van der Waals surface area contributed by atoms with Crippen molar-refractivity contribution in [2.45, 2.75) is 31.2 Å². The first-order valence-corrected chi connectivity index (χ1v) is 11.3. The van der Waals surface area contributed by atoms with Gasteiger partial charge in [0.25, 0.3) is 0 Å². The Bertz CT molecular complexity index is 1120. The number of rotatable bonds is 4. The lowest BCUT2D eigenvalue weighted by Crippen LogP contribution is -2.37. The molecule has 1 amide bonds. The molecule has 2 aliphatic rings. The Morgan fingerprint density at radius 2 is 1.62 bits per heavy atom. The predicted molar refractivity (Wildman–Crippen MR) is 123 cm³/mol. The topological polar surface area (TPSA) is 129 Å². The average Bonchev–Trinajstić information content (AvgIpc) is 3.43. The SMILES string of the molecule is COc1ncccc1CN1CCC2(C1)C(=O)NCC2c1ccccc1.O=C(O)C(F)(F)F.O=C(O)C(F)(F)F. The summed E-state index contributed by atoms with van der Waals surface area (Å²) in [4.78, 5) is 37.1. The van der Waals surface area contributed by atoms with E-state index in [1.54, 1.807) is 13.3 Å². The number of alkyl halides is 6. The van der Waals surface area contributed by atoms with Gasteiger partial charge in [0.2, 0.25) is 11.8 Å². The van der Waals surface area contributed by atoms with E-state index in [1.807, 2.05) is 18.2 Å². The third kappa shape index (κ3) is 8.30. The van der Waals surface area contributed by atoms with Gasteiger partial charge in [-0.15, -0.1) is 0 Å². The molecular formula is C24H25F6N3O6. The molecule has 2 aliphatic heterocycles. The lowest BCUT2D eigenvalue weighted by Gasteiger charge is -2.28.